The molecule has 0 saturated carbocycles. The maximum absolute atomic E-state index is 10.2. The normalized spacial score (nSPS) is 15.4. The van der Waals surface area contributed by atoms with Gasteiger partial charge in [0.25, 0.3) is 0 Å². The van der Waals surface area contributed by atoms with Crippen molar-refractivity contribution in [3.8, 4) is 17.0 Å². The van der Waals surface area contributed by atoms with Crippen molar-refractivity contribution in [3.05, 3.63) is 48.2 Å². The topological polar surface area (TPSA) is 81.1 Å². The van der Waals surface area contributed by atoms with Gasteiger partial charge >= 0.3 is 0 Å². The van der Waals surface area contributed by atoms with Crippen molar-refractivity contribution < 1.29 is 9.84 Å². The predicted molar refractivity (Wildman–Crippen MR) is 144 cm³/mol. The van der Waals surface area contributed by atoms with Gasteiger partial charge in [0.15, 0.2) is 0 Å². The lowest BCUT2D eigenvalue weighted by atomic mass is 10.1. The van der Waals surface area contributed by atoms with Gasteiger partial charge in [0.1, 0.15) is 17.4 Å². The Labute approximate surface area is 213 Å². The Balaban J connectivity index is 1.54. The monoisotopic (exact) mass is 489 g/mol. The average molecular weight is 490 g/mol. The minimum Gasteiger partial charge on any atom is -0.508 e. The van der Waals surface area contributed by atoms with Crippen LogP contribution in [0.15, 0.2) is 42.6 Å². The van der Waals surface area contributed by atoms with Crippen molar-refractivity contribution in [2.45, 2.75) is 13.3 Å². The maximum Gasteiger partial charge on any atom is 0.228 e. The lowest BCUT2D eigenvalue weighted by Crippen LogP contribution is -2.37. The van der Waals surface area contributed by atoms with Crippen LogP contribution < -0.4 is 14.7 Å². The number of nitrogens with zero attached hydrogens (tertiary/aromatic N) is 7. The summed E-state index contributed by atoms with van der Waals surface area (Å²) in [6, 6.07) is 11.6. The van der Waals surface area contributed by atoms with E-state index >= 15 is 0 Å². The minimum absolute atomic E-state index is 0.235. The van der Waals surface area contributed by atoms with E-state index in [9.17, 15) is 5.11 Å². The number of hydrogen-bond donors (Lipinski definition) is 1. The van der Waals surface area contributed by atoms with Crippen LogP contribution >= 0.6 is 0 Å². The predicted octanol–water partition coefficient (Wildman–Crippen LogP) is 3.16. The third kappa shape index (κ3) is 5.08. The number of likely N-dealkylation sites (N-methyl/N-ethyl adjacent to an activating group) is 2. The second-order valence-corrected chi connectivity index (χ2v) is 9.48. The van der Waals surface area contributed by atoms with Gasteiger partial charge in [0.05, 0.1) is 18.9 Å². The molecule has 0 bridgehead atoms. The lowest BCUT2D eigenvalue weighted by molar-refractivity contribution is 0.122. The van der Waals surface area contributed by atoms with Crippen molar-refractivity contribution in [1.82, 2.24) is 19.9 Å². The lowest BCUT2D eigenvalue weighted by Gasteiger charge is -2.29. The molecule has 2 aliphatic rings. The Kier molecular flexibility index (Phi) is 7.20. The molecule has 0 aliphatic carbocycles. The van der Waals surface area contributed by atoms with Gasteiger partial charge in [-0.15, -0.1) is 0 Å². The molecule has 9 heteroatoms. The van der Waals surface area contributed by atoms with E-state index in [0.29, 0.717) is 19.2 Å². The fourth-order valence-corrected chi connectivity index (χ4v) is 4.80. The van der Waals surface area contributed by atoms with Crippen molar-refractivity contribution in [2.75, 3.05) is 81.3 Å². The van der Waals surface area contributed by atoms with E-state index in [2.05, 4.69) is 57.7 Å². The number of pyridine rings is 1. The third-order valence-corrected chi connectivity index (χ3v) is 6.79. The summed E-state index contributed by atoms with van der Waals surface area (Å²) in [4.78, 5) is 23.7. The molecule has 36 heavy (non-hydrogen) atoms. The number of aromatic hydroxyl groups is 1. The molecule has 0 atom stereocenters. The first kappa shape index (κ1) is 24.3. The van der Waals surface area contributed by atoms with Gasteiger partial charge in [0, 0.05) is 68.3 Å². The van der Waals surface area contributed by atoms with Crippen LogP contribution in [0.5, 0.6) is 5.75 Å². The number of anilines is 4. The van der Waals surface area contributed by atoms with Crippen LogP contribution in [0.25, 0.3) is 11.3 Å². The molecule has 0 radical (unpaired) electrons. The number of fused-ring (bicyclic) bond motifs is 1. The van der Waals surface area contributed by atoms with Gasteiger partial charge in [-0.3, -0.25) is 0 Å². The Morgan fingerprint density at radius 1 is 1.03 bits per heavy atom. The quantitative estimate of drug-likeness (QED) is 0.513. The van der Waals surface area contributed by atoms with Crippen LogP contribution in [0.3, 0.4) is 0 Å². The third-order valence-electron chi connectivity index (χ3n) is 6.79. The fraction of sp³-hybridized carbons (Fsp3) is 0.444. The van der Waals surface area contributed by atoms with Gasteiger partial charge in [-0.1, -0.05) is 12.1 Å². The average Bonchev–Trinajstić information content (AvgIpc) is 3.33. The highest BCUT2D eigenvalue weighted by molar-refractivity contribution is 5.78. The van der Waals surface area contributed by atoms with E-state index in [-0.39, 0.29) is 5.75 Å². The Bertz CT molecular complexity index is 1200. The highest BCUT2D eigenvalue weighted by Crippen LogP contribution is 2.40. The zero-order valence-electron chi connectivity index (χ0n) is 21.4. The highest BCUT2D eigenvalue weighted by atomic mass is 16.5. The summed E-state index contributed by atoms with van der Waals surface area (Å²) in [6.07, 6.45) is 2.72. The maximum atomic E-state index is 10.2. The number of morpholine rings is 1. The van der Waals surface area contributed by atoms with Crippen LogP contribution in [-0.2, 0) is 11.2 Å². The molecular formula is C27H35N7O2. The Morgan fingerprint density at radius 3 is 2.61 bits per heavy atom. The van der Waals surface area contributed by atoms with E-state index in [4.69, 9.17) is 14.7 Å². The van der Waals surface area contributed by atoms with Gasteiger partial charge in [-0.25, -0.2) is 9.97 Å². The van der Waals surface area contributed by atoms with Gasteiger partial charge in [0.2, 0.25) is 5.95 Å². The molecule has 0 spiro atoms. The number of aromatic nitrogens is 3. The molecule has 9 nitrogen and oxygen atoms in total. The first-order valence-electron chi connectivity index (χ1n) is 12.7. The smallest absolute Gasteiger partial charge is 0.228 e. The first-order valence-corrected chi connectivity index (χ1v) is 12.7. The molecule has 2 aliphatic heterocycles. The zero-order chi connectivity index (χ0) is 25.1. The summed E-state index contributed by atoms with van der Waals surface area (Å²) in [7, 11) is 4.18. The first-order chi connectivity index (χ1) is 17.5. The molecule has 5 rings (SSSR count). The van der Waals surface area contributed by atoms with E-state index in [1.807, 2.05) is 18.3 Å². The van der Waals surface area contributed by atoms with E-state index in [1.165, 1.54) is 0 Å². The molecular weight excluding hydrogens is 454 g/mol. The molecule has 2 aromatic heterocycles. The number of phenols is 1. The van der Waals surface area contributed by atoms with Crippen LogP contribution in [0, 0.1) is 0 Å². The second-order valence-electron chi connectivity index (χ2n) is 9.48. The van der Waals surface area contributed by atoms with Crippen LogP contribution in [-0.4, -0.2) is 91.5 Å². The molecule has 1 aromatic carbocycles. The Morgan fingerprint density at radius 2 is 1.86 bits per heavy atom. The summed E-state index contributed by atoms with van der Waals surface area (Å²) in [6.45, 7) is 8.61. The number of ether oxygens (including phenoxy) is 1. The summed E-state index contributed by atoms with van der Waals surface area (Å²) in [5.74, 6) is 2.84. The number of rotatable bonds is 8. The fourth-order valence-electron chi connectivity index (χ4n) is 4.80. The van der Waals surface area contributed by atoms with E-state index in [0.717, 1.165) is 79.8 Å². The molecule has 190 valence electrons. The zero-order valence-corrected chi connectivity index (χ0v) is 21.4. The number of phenolic OH excluding ortho intramolecular Hbond substituents is 1. The van der Waals surface area contributed by atoms with Crippen LogP contribution in [0.2, 0.25) is 0 Å². The van der Waals surface area contributed by atoms with Crippen molar-refractivity contribution in [1.29, 1.82) is 0 Å². The summed E-state index contributed by atoms with van der Waals surface area (Å²) in [5, 5.41) is 10.2. The second kappa shape index (κ2) is 10.7. The molecule has 4 heterocycles. The van der Waals surface area contributed by atoms with Crippen molar-refractivity contribution in [3.63, 3.8) is 0 Å². The van der Waals surface area contributed by atoms with E-state index in [1.54, 1.807) is 12.1 Å². The molecule has 1 N–H and O–H groups in total. The molecule has 0 unspecified atom stereocenters. The minimum atomic E-state index is 0.235. The highest BCUT2D eigenvalue weighted by Gasteiger charge is 2.29. The van der Waals surface area contributed by atoms with Gasteiger partial charge in [-0.2, -0.15) is 4.98 Å². The van der Waals surface area contributed by atoms with Crippen molar-refractivity contribution >= 4 is 23.3 Å². The summed E-state index contributed by atoms with van der Waals surface area (Å²) in [5.41, 5.74) is 3.98. The standard InChI is InChI=1S/C27H35N7O2/c1-4-32(13-12-31(2)3)24-19-21(8-10-28-24)34-11-9-23-25(20-6-5-7-22(35)18-20)29-27(30-26(23)34)33-14-16-36-17-15-33/h5-8,10,18-19,35H,4,9,11-17H2,1-3H3. The van der Waals surface area contributed by atoms with Gasteiger partial charge < -0.3 is 29.4 Å². The number of hydrogen-bond acceptors (Lipinski definition) is 9. The summed E-state index contributed by atoms with van der Waals surface area (Å²) >= 11 is 0. The van der Waals surface area contributed by atoms with Crippen LogP contribution in [0.4, 0.5) is 23.3 Å². The molecule has 0 amide bonds. The molecule has 1 saturated heterocycles. The number of benzene rings is 1. The van der Waals surface area contributed by atoms with E-state index < -0.39 is 0 Å². The van der Waals surface area contributed by atoms with Crippen molar-refractivity contribution in [2.24, 2.45) is 0 Å². The van der Waals surface area contributed by atoms with Crippen LogP contribution in [0.1, 0.15) is 12.5 Å². The Hall–Kier alpha value is -3.43. The van der Waals surface area contributed by atoms with Gasteiger partial charge in [-0.05, 0) is 45.6 Å². The summed E-state index contributed by atoms with van der Waals surface area (Å²) < 4.78 is 5.56. The largest absolute Gasteiger partial charge is 0.508 e. The molecule has 1 fully saturated rings. The molecule has 3 aromatic rings. The SMILES string of the molecule is CCN(CCN(C)C)c1cc(N2CCc3c(-c4cccc(O)c4)nc(N4CCOCC4)nc32)ccn1.